The number of H-pyrrole nitrogens is 1. The van der Waals surface area contributed by atoms with E-state index in [-0.39, 0.29) is 5.56 Å². The van der Waals surface area contributed by atoms with Crippen LogP contribution in [0.5, 0.6) is 0 Å². The summed E-state index contributed by atoms with van der Waals surface area (Å²) in [6.07, 6.45) is 0. The summed E-state index contributed by atoms with van der Waals surface area (Å²) in [5.41, 5.74) is 2.66. The zero-order chi connectivity index (χ0) is 18.1. The highest BCUT2D eigenvalue weighted by molar-refractivity contribution is 6.30. The van der Waals surface area contributed by atoms with Gasteiger partial charge in [0.1, 0.15) is 11.3 Å². The second kappa shape index (κ2) is 6.97. The van der Waals surface area contributed by atoms with E-state index >= 15 is 0 Å². The molecule has 1 saturated heterocycles. The molecule has 0 amide bonds. The van der Waals surface area contributed by atoms with E-state index in [4.69, 9.17) is 11.6 Å². The fourth-order valence-electron chi connectivity index (χ4n) is 3.38. The van der Waals surface area contributed by atoms with Crippen LogP contribution in [0, 0.1) is 0 Å². The number of aromatic nitrogens is 2. The standard InChI is InChI=1S/C19H19ClN4O2/c20-13-3-1-4-14(11-13)24-9-7-23(8-10-24)12-17-21-16-6-2-5-15(19(25)26)18(16)22-17/h1-6,11H,7-10,12H2,(H,21,22)(H,25,26). The van der Waals surface area contributed by atoms with Crippen molar-refractivity contribution in [2.45, 2.75) is 6.54 Å². The lowest BCUT2D eigenvalue weighted by Gasteiger charge is -2.35. The summed E-state index contributed by atoms with van der Waals surface area (Å²) in [5.74, 6) is -0.159. The Kier molecular flexibility index (Phi) is 4.53. The lowest BCUT2D eigenvalue weighted by molar-refractivity contribution is 0.0699. The number of rotatable bonds is 4. The van der Waals surface area contributed by atoms with Gasteiger partial charge < -0.3 is 15.0 Å². The third-order valence-corrected chi connectivity index (χ3v) is 4.95. The first kappa shape index (κ1) is 16.9. The topological polar surface area (TPSA) is 72.5 Å². The summed E-state index contributed by atoms with van der Waals surface area (Å²) in [7, 11) is 0. The number of fused-ring (bicyclic) bond motifs is 1. The molecular formula is C19H19ClN4O2. The van der Waals surface area contributed by atoms with E-state index in [1.165, 1.54) is 0 Å². The van der Waals surface area contributed by atoms with Crippen LogP contribution in [0.4, 0.5) is 5.69 Å². The fraction of sp³-hybridized carbons (Fsp3) is 0.263. The lowest BCUT2D eigenvalue weighted by atomic mass is 10.2. The number of aromatic carboxylic acids is 1. The van der Waals surface area contributed by atoms with E-state index in [2.05, 4.69) is 25.8 Å². The van der Waals surface area contributed by atoms with E-state index in [1.807, 2.05) is 24.3 Å². The molecule has 0 aliphatic carbocycles. The summed E-state index contributed by atoms with van der Waals surface area (Å²) in [4.78, 5) is 23.7. The Balaban J connectivity index is 1.44. The predicted molar refractivity (Wildman–Crippen MR) is 102 cm³/mol. The highest BCUT2D eigenvalue weighted by atomic mass is 35.5. The molecule has 1 aliphatic heterocycles. The highest BCUT2D eigenvalue weighted by Gasteiger charge is 2.19. The first-order chi connectivity index (χ1) is 12.6. The molecule has 134 valence electrons. The van der Waals surface area contributed by atoms with Crippen molar-refractivity contribution in [2.75, 3.05) is 31.1 Å². The second-order valence-corrected chi connectivity index (χ2v) is 6.87. The van der Waals surface area contributed by atoms with Crippen LogP contribution in [-0.2, 0) is 6.54 Å². The van der Waals surface area contributed by atoms with Crippen LogP contribution in [0.25, 0.3) is 11.0 Å². The van der Waals surface area contributed by atoms with Crippen LogP contribution in [0.1, 0.15) is 16.2 Å². The summed E-state index contributed by atoms with van der Waals surface area (Å²) in [6, 6.07) is 13.1. The number of benzene rings is 2. The largest absolute Gasteiger partial charge is 0.478 e. The second-order valence-electron chi connectivity index (χ2n) is 6.43. The van der Waals surface area contributed by atoms with E-state index in [9.17, 15) is 9.90 Å². The van der Waals surface area contributed by atoms with Crippen molar-refractivity contribution in [3.63, 3.8) is 0 Å². The van der Waals surface area contributed by atoms with Crippen LogP contribution in [0.15, 0.2) is 42.5 Å². The number of para-hydroxylation sites is 1. The molecule has 0 atom stereocenters. The molecule has 4 rings (SSSR count). The maximum Gasteiger partial charge on any atom is 0.337 e. The number of aromatic amines is 1. The van der Waals surface area contributed by atoms with Crippen molar-refractivity contribution < 1.29 is 9.90 Å². The first-order valence-corrected chi connectivity index (χ1v) is 8.92. The molecule has 26 heavy (non-hydrogen) atoms. The molecule has 2 aromatic carbocycles. The molecule has 0 saturated carbocycles. The van der Waals surface area contributed by atoms with Crippen LogP contribution >= 0.6 is 11.6 Å². The van der Waals surface area contributed by atoms with Gasteiger partial charge >= 0.3 is 5.97 Å². The van der Waals surface area contributed by atoms with Gasteiger partial charge in [-0.15, -0.1) is 0 Å². The van der Waals surface area contributed by atoms with Crippen LogP contribution in [0.3, 0.4) is 0 Å². The quantitative estimate of drug-likeness (QED) is 0.737. The molecule has 0 radical (unpaired) electrons. The number of hydrogen-bond acceptors (Lipinski definition) is 4. The molecule has 2 N–H and O–H groups in total. The van der Waals surface area contributed by atoms with Gasteiger partial charge in [-0.2, -0.15) is 0 Å². The average molecular weight is 371 g/mol. The Morgan fingerprint density at radius 2 is 1.92 bits per heavy atom. The lowest BCUT2D eigenvalue weighted by Crippen LogP contribution is -2.46. The van der Waals surface area contributed by atoms with Crippen molar-refractivity contribution in [3.8, 4) is 0 Å². The Bertz CT molecular complexity index is 948. The van der Waals surface area contributed by atoms with Gasteiger partial charge in [-0.3, -0.25) is 4.90 Å². The zero-order valence-corrected chi connectivity index (χ0v) is 14.9. The fourth-order valence-corrected chi connectivity index (χ4v) is 3.56. The molecular weight excluding hydrogens is 352 g/mol. The van der Waals surface area contributed by atoms with Gasteiger partial charge in [-0.25, -0.2) is 9.78 Å². The minimum atomic E-state index is -0.955. The monoisotopic (exact) mass is 370 g/mol. The number of carboxylic acid groups (broad SMARTS) is 1. The van der Waals surface area contributed by atoms with Gasteiger partial charge in [0.05, 0.1) is 17.6 Å². The molecule has 6 nitrogen and oxygen atoms in total. The number of imidazole rings is 1. The summed E-state index contributed by atoms with van der Waals surface area (Å²) in [5, 5.41) is 10.0. The van der Waals surface area contributed by atoms with Crippen LogP contribution < -0.4 is 4.90 Å². The van der Waals surface area contributed by atoms with Crippen molar-refractivity contribution >= 4 is 34.3 Å². The molecule has 0 bridgehead atoms. The molecule has 3 aromatic rings. The molecule has 1 aromatic heterocycles. The number of carboxylic acids is 1. The smallest absolute Gasteiger partial charge is 0.337 e. The maximum atomic E-state index is 11.3. The van der Waals surface area contributed by atoms with Crippen molar-refractivity contribution in [2.24, 2.45) is 0 Å². The average Bonchev–Trinajstić information content (AvgIpc) is 3.04. The zero-order valence-electron chi connectivity index (χ0n) is 14.2. The van der Waals surface area contributed by atoms with Gasteiger partial charge in [0.2, 0.25) is 0 Å². The van der Waals surface area contributed by atoms with Crippen molar-refractivity contribution in [3.05, 3.63) is 58.9 Å². The third kappa shape index (κ3) is 3.38. The predicted octanol–water partition coefficient (Wildman–Crippen LogP) is 3.24. The molecule has 1 aliphatic rings. The van der Waals surface area contributed by atoms with E-state index < -0.39 is 5.97 Å². The van der Waals surface area contributed by atoms with Gasteiger partial charge in [-0.1, -0.05) is 23.7 Å². The van der Waals surface area contributed by atoms with Gasteiger partial charge in [0.15, 0.2) is 0 Å². The Morgan fingerprint density at radius 3 is 2.65 bits per heavy atom. The number of halogens is 1. The van der Waals surface area contributed by atoms with E-state index in [0.29, 0.717) is 12.1 Å². The van der Waals surface area contributed by atoms with Crippen LogP contribution in [0.2, 0.25) is 5.02 Å². The number of nitrogens with zero attached hydrogens (tertiary/aromatic N) is 3. The molecule has 0 unspecified atom stereocenters. The van der Waals surface area contributed by atoms with Gasteiger partial charge in [0.25, 0.3) is 0 Å². The number of hydrogen-bond donors (Lipinski definition) is 2. The summed E-state index contributed by atoms with van der Waals surface area (Å²) < 4.78 is 0. The minimum absolute atomic E-state index is 0.232. The molecule has 2 heterocycles. The number of anilines is 1. The Morgan fingerprint density at radius 1 is 1.15 bits per heavy atom. The SMILES string of the molecule is O=C(O)c1cccc2[nH]c(CN3CCN(c4cccc(Cl)c4)CC3)nc12. The van der Waals surface area contributed by atoms with Crippen molar-refractivity contribution in [1.82, 2.24) is 14.9 Å². The Labute approximate surface area is 156 Å². The molecule has 7 heteroatoms. The van der Waals surface area contributed by atoms with Crippen molar-refractivity contribution in [1.29, 1.82) is 0 Å². The highest BCUT2D eigenvalue weighted by Crippen LogP contribution is 2.22. The maximum absolute atomic E-state index is 11.3. The first-order valence-electron chi connectivity index (χ1n) is 8.54. The van der Waals surface area contributed by atoms with E-state index in [1.54, 1.807) is 12.1 Å². The van der Waals surface area contributed by atoms with Crippen LogP contribution in [-0.4, -0.2) is 52.1 Å². The number of piperazine rings is 1. The normalized spacial score (nSPS) is 15.5. The van der Waals surface area contributed by atoms with E-state index in [0.717, 1.165) is 48.2 Å². The molecule has 1 fully saturated rings. The molecule has 0 spiro atoms. The Hall–Kier alpha value is -2.57. The number of nitrogens with one attached hydrogen (secondary N) is 1. The van der Waals surface area contributed by atoms with Gasteiger partial charge in [0, 0.05) is 36.9 Å². The minimum Gasteiger partial charge on any atom is -0.478 e. The summed E-state index contributed by atoms with van der Waals surface area (Å²) >= 11 is 6.08. The van der Waals surface area contributed by atoms with Gasteiger partial charge in [-0.05, 0) is 30.3 Å². The third-order valence-electron chi connectivity index (χ3n) is 4.71. The summed E-state index contributed by atoms with van der Waals surface area (Å²) in [6.45, 7) is 4.34. The number of carbonyl (C=O) groups is 1.